The zero-order chi connectivity index (χ0) is 17.1. The fourth-order valence-electron chi connectivity index (χ4n) is 3.04. The van der Waals surface area contributed by atoms with Crippen LogP contribution in [0.4, 0.5) is 0 Å². The maximum absolute atomic E-state index is 6.28. The molecule has 1 heterocycles. The minimum absolute atomic E-state index is 0.404. The Balaban J connectivity index is 2.07. The largest absolute Gasteiger partial charge is 0.496 e. The Bertz CT molecular complexity index is 779. The third-order valence-corrected chi connectivity index (χ3v) is 5.61. The van der Waals surface area contributed by atoms with Crippen LogP contribution in [0, 0.1) is 0 Å². The number of rotatable bonds is 4. The highest BCUT2D eigenvalue weighted by Crippen LogP contribution is 2.42. The second-order valence-electron chi connectivity index (χ2n) is 5.89. The highest BCUT2D eigenvalue weighted by Gasteiger charge is 2.20. The third-order valence-electron chi connectivity index (χ3n) is 4.28. The van der Waals surface area contributed by atoms with Crippen molar-refractivity contribution in [3.63, 3.8) is 0 Å². The lowest BCUT2D eigenvalue weighted by atomic mass is 9.96. The van der Waals surface area contributed by atoms with Crippen LogP contribution in [0.5, 0.6) is 11.5 Å². The summed E-state index contributed by atoms with van der Waals surface area (Å²) in [5, 5.41) is 5.96. The van der Waals surface area contributed by atoms with Crippen molar-refractivity contribution < 1.29 is 9.47 Å². The molecule has 0 N–H and O–H groups in total. The molecule has 1 fully saturated rings. The van der Waals surface area contributed by atoms with Gasteiger partial charge in [0, 0.05) is 7.05 Å². The highest BCUT2D eigenvalue weighted by molar-refractivity contribution is 7.12. The lowest BCUT2D eigenvalue weighted by Crippen LogP contribution is -2.18. The van der Waals surface area contributed by atoms with E-state index in [9.17, 15) is 0 Å². The van der Waals surface area contributed by atoms with Crippen LogP contribution in [0.2, 0.25) is 5.02 Å². The smallest absolute Gasteiger partial charge is 0.203 e. The Labute approximate surface area is 150 Å². The maximum Gasteiger partial charge on any atom is 0.203 e. The van der Waals surface area contributed by atoms with E-state index < -0.39 is 0 Å². The molecule has 0 radical (unpaired) electrons. The van der Waals surface area contributed by atoms with Crippen molar-refractivity contribution in [2.24, 2.45) is 12.0 Å². The number of ether oxygens (including phenoxy) is 2. The van der Waals surface area contributed by atoms with Crippen molar-refractivity contribution in [1.82, 2.24) is 9.78 Å². The molecule has 2 aromatic rings. The molecule has 0 spiro atoms. The van der Waals surface area contributed by atoms with E-state index in [1.807, 2.05) is 17.8 Å². The van der Waals surface area contributed by atoms with Gasteiger partial charge in [-0.3, -0.25) is 4.99 Å². The summed E-state index contributed by atoms with van der Waals surface area (Å²) in [4.78, 5) is 5.82. The van der Waals surface area contributed by atoms with Crippen molar-refractivity contribution in [3.8, 4) is 22.1 Å². The minimum Gasteiger partial charge on any atom is -0.496 e. The first-order valence-corrected chi connectivity index (χ1v) is 9.32. The number of aryl methyl sites for hydroxylation is 1. The summed E-state index contributed by atoms with van der Waals surface area (Å²) in [6.45, 7) is 0. The standard InChI is InChI=1S/C17H22ClN3O2S/c1-21-17(19-11-7-5-4-6-8-11)24-16(20-21)14-13(22-2)10-9-12(18)15(14)23-3/h9-11H,4-8H2,1-3H3/b19-17+. The van der Waals surface area contributed by atoms with Gasteiger partial charge < -0.3 is 9.47 Å². The van der Waals surface area contributed by atoms with Crippen molar-refractivity contribution in [1.29, 1.82) is 0 Å². The number of halogens is 1. The Morgan fingerprint density at radius 2 is 1.96 bits per heavy atom. The van der Waals surface area contributed by atoms with Gasteiger partial charge in [-0.25, -0.2) is 4.68 Å². The highest BCUT2D eigenvalue weighted by atomic mass is 35.5. The summed E-state index contributed by atoms with van der Waals surface area (Å²) in [7, 11) is 5.16. The van der Waals surface area contributed by atoms with E-state index in [0.717, 1.165) is 28.2 Å². The molecule has 0 aliphatic heterocycles. The number of methoxy groups -OCH3 is 2. The fourth-order valence-corrected chi connectivity index (χ4v) is 4.28. The normalized spacial score (nSPS) is 16.4. The van der Waals surface area contributed by atoms with Gasteiger partial charge in [0.1, 0.15) is 5.75 Å². The molecule has 1 saturated carbocycles. The van der Waals surface area contributed by atoms with Crippen molar-refractivity contribution in [3.05, 3.63) is 22.0 Å². The molecule has 0 bridgehead atoms. The van der Waals surface area contributed by atoms with Gasteiger partial charge in [-0.15, -0.1) is 0 Å². The van der Waals surface area contributed by atoms with Crippen LogP contribution in [0.25, 0.3) is 10.6 Å². The molecule has 0 amide bonds. The summed E-state index contributed by atoms with van der Waals surface area (Å²) in [5.74, 6) is 1.27. The number of benzene rings is 1. The SMILES string of the molecule is COc1ccc(Cl)c(OC)c1-c1nn(C)/c(=N\C2CCCCC2)s1. The zero-order valence-electron chi connectivity index (χ0n) is 14.2. The molecular formula is C17H22ClN3O2S. The fraction of sp³-hybridized carbons (Fsp3) is 0.529. The first kappa shape index (κ1) is 17.3. The first-order chi connectivity index (χ1) is 11.6. The summed E-state index contributed by atoms with van der Waals surface area (Å²) in [6.07, 6.45) is 6.18. The van der Waals surface area contributed by atoms with Gasteiger partial charge in [0.2, 0.25) is 4.80 Å². The number of nitrogens with zero attached hydrogens (tertiary/aromatic N) is 3. The Morgan fingerprint density at radius 1 is 1.21 bits per heavy atom. The molecule has 24 heavy (non-hydrogen) atoms. The van der Waals surface area contributed by atoms with E-state index in [0.29, 0.717) is 22.6 Å². The quantitative estimate of drug-likeness (QED) is 0.818. The average molecular weight is 368 g/mol. The van der Waals surface area contributed by atoms with Crippen LogP contribution in [0.15, 0.2) is 17.1 Å². The monoisotopic (exact) mass is 367 g/mol. The van der Waals surface area contributed by atoms with E-state index in [2.05, 4.69) is 5.10 Å². The molecule has 0 atom stereocenters. The molecule has 1 aliphatic carbocycles. The lowest BCUT2D eigenvalue weighted by Gasteiger charge is -2.16. The van der Waals surface area contributed by atoms with Crippen LogP contribution in [-0.2, 0) is 7.05 Å². The van der Waals surface area contributed by atoms with Gasteiger partial charge in [0.05, 0.1) is 30.8 Å². The van der Waals surface area contributed by atoms with Gasteiger partial charge in [-0.05, 0) is 25.0 Å². The molecule has 7 heteroatoms. The molecule has 3 rings (SSSR count). The minimum atomic E-state index is 0.404. The predicted molar refractivity (Wildman–Crippen MR) is 97.1 cm³/mol. The maximum atomic E-state index is 6.28. The number of aromatic nitrogens is 2. The molecule has 1 aliphatic rings. The lowest BCUT2D eigenvalue weighted by molar-refractivity contribution is 0.397. The van der Waals surface area contributed by atoms with Crippen molar-refractivity contribution in [2.45, 2.75) is 38.1 Å². The Hall–Kier alpha value is -1.53. The van der Waals surface area contributed by atoms with Crippen LogP contribution in [0.1, 0.15) is 32.1 Å². The van der Waals surface area contributed by atoms with Crippen LogP contribution in [-0.4, -0.2) is 30.0 Å². The Kier molecular flexibility index (Phi) is 5.46. The van der Waals surface area contributed by atoms with Gasteiger partial charge in [-0.2, -0.15) is 5.10 Å². The van der Waals surface area contributed by atoms with E-state index in [4.69, 9.17) is 26.1 Å². The second-order valence-corrected chi connectivity index (χ2v) is 7.26. The average Bonchev–Trinajstić information content (AvgIpc) is 2.95. The van der Waals surface area contributed by atoms with E-state index >= 15 is 0 Å². The summed E-state index contributed by atoms with van der Waals surface area (Å²) in [5.41, 5.74) is 0.776. The van der Waals surface area contributed by atoms with Gasteiger partial charge in [0.15, 0.2) is 10.8 Å². The van der Waals surface area contributed by atoms with Crippen molar-refractivity contribution >= 4 is 22.9 Å². The third kappa shape index (κ3) is 3.44. The van der Waals surface area contributed by atoms with E-state index in [1.54, 1.807) is 31.6 Å². The van der Waals surface area contributed by atoms with Gasteiger partial charge in [-0.1, -0.05) is 42.2 Å². The summed E-state index contributed by atoms with van der Waals surface area (Å²) < 4.78 is 12.8. The van der Waals surface area contributed by atoms with Crippen LogP contribution in [0.3, 0.4) is 0 Å². The van der Waals surface area contributed by atoms with E-state index in [1.165, 1.54) is 19.3 Å². The molecule has 0 unspecified atom stereocenters. The Morgan fingerprint density at radius 3 is 2.62 bits per heavy atom. The molecule has 130 valence electrons. The van der Waals surface area contributed by atoms with Gasteiger partial charge in [0.25, 0.3) is 0 Å². The summed E-state index contributed by atoms with van der Waals surface area (Å²) >= 11 is 7.82. The zero-order valence-corrected chi connectivity index (χ0v) is 15.8. The molecule has 1 aromatic heterocycles. The molecule has 5 nitrogen and oxygen atoms in total. The number of hydrogen-bond acceptors (Lipinski definition) is 5. The molecule has 1 aromatic carbocycles. The summed E-state index contributed by atoms with van der Waals surface area (Å²) in [6, 6.07) is 4.00. The second kappa shape index (κ2) is 7.57. The van der Waals surface area contributed by atoms with Crippen molar-refractivity contribution in [2.75, 3.05) is 14.2 Å². The first-order valence-electron chi connectivity index (χ1n) is 8.13. The molecule has 0 saturated heterocycles. The topological polar surface area (TPSA) is 48.6 Å². The van der Waals surface area contributed by atoms with Crippen LogP contribution >= 0.6 is 22.9 Å². The van der Waals surface area contributed by atoms with E-state index in [-0.39, 0.29) is 0 Å². The number of hydrogen-bond donors (Lipinski definition) is 0. The molecular weight excluding hydrogens is 346 g/mol. The van der Waals surface area contributed by atoms with Crippen LogP contribution < -0.4 is 14.3 Å². The van der Waals surface area contributed by atoms with Gasteiger partial charge >= 0.3 is 0 Å². The predicted octanol–water partition coefficient (Wildman–Crippen LogP) is 4.05.